The maximum Gasteiger partial charge on any atom is 0.239 e. The predicted molar refractivity (Wildman–Crippen MR) is 73.9 cm³/mol. The molecule has 18 heavy (non-hydrogen) atoms. The van der Waals surface area contributed by atoms with Crippen LogP contribution in [0.5, 0.6) is 0 Å². The van der Waals surface area contributed by atoms with Gasteiger partial charge in [0.05, 0.1) is 21.5 Å². The Bertz CT molecular complexity index is 570. The topological polar surface area (TPSA) is 63.2 Å². The summed E-state index contributed by atoms with van der Waals surface area (Å²) in [4.78, 5) is 11.5. The van der Waals surface area contributed by atoms with E-state index in [2.05, 4.69) is 11.9 Å². The SMILES string of the molecule is C=CCS(=O)(=O)CC(=O)Nc1cccc(Cl)c1Cl. The summed E-state index contributed by atoms with van der Waals surface area (Å²) in [5.41, 5.74) is 0.281. The van der Waals surface area contributed by atoms with Gasteiger partial charge in [-0.3, -0.25) is 4.79 Å². The van der Waals surface area contributed by atoms with Crippen molar-refractivity contribution in [1.82, 2.24) is 0 Å². The smallest absolute Gasteiger partial charge is 0.239 e. The molecule has 0 spiro atoms. The molecule has 1 N–H and O–H groups in total. The monoisotopic (exact) mass is 307 g/mol. The molecular weight excluding hydrogens is 297 g/mol. The van der Waals surface area contributed by atoms with E-state index in [0.29, 0.717) is 0 Å². The summed E-state index contributed by atoms with van der Waals surface area (Å²) in [7, 11) is -3.48. The molecular formula is C11H11Cl2NO3S. The van der Waals surface area contributed by atoms with Crippen molar-refractivity contribution in [1.29, 1.82) is 0 Å². The first-order valence-corrected chi connectivity index (χ1v) is 7.48. The Hall–Kier alpha value is -1.04. The maximum atomic E-state index is 11.5. The molecule has 0 bridgehead atoms. The molecule has 1 amide bonds. The van der Waals surface area contributed by atoms with E-state index in [1.165, 1.54) is 12.1 Å². The molecule has 0 radical (unpaired) electrons. The molecule has 0 fully saturated rings. The third-order valence-electron chi connectivity index (χ3n) is 1.95. The van der Waals surface area contributed by atoms with Gasteiger partial charge in [-0.05, 0) is 12.1 Å². The summed E-state index contributed by atoms with van der Waals surface area (Å²) in [5, 5.41) is 2.85. The summed E-state index contributed by atoms with van der Waals surface area (Å²) in [6.45, 7) is 3.31. The van der Waals surface area contributed by atoms with E-state index in [1.54, 1.807) is 12.1 Å². The van der Waals surface area contributed by atoms with Crippen molar-refractivity contribution in [2.24, 2.45) is 0 Å². The molecule has 0 aromatic heterocycles. The normalized spacial score (nSPS) is 11.0. The largest absolute Gasteiger partial charge is 0.324 e. The van der Waals surface area contributed by atoms with Crippen LogP contribution in [0.25, 0.3) is 0 Å². The van der Waals surface area contributed by atoms with Crippen LogP contribution in [-0.4, -0.2) is 25.8 Å². The Kier molecular flexibility index (Phi) is 5.19. The van der Waals surface area contributed by atoms with Gasteiger partial charge in [0, 0.05) is 0 Å². The second kappa shape index (κ2) is 6.22. The van der Waals surface area contributed by atoms with Crippen LogP contribution in [-0.2, 0) is 14.6 Å². The Labute approximate surface area is 116 Å². The van der Waals surface area contributed by atoms with Crippen molar-refractivity contribution in [2.45, 2.75) is 0 Å². The van der Waals surface area contributed by atoms with E-state index in [4.69, 9.17) is 23.2 Å². The average Bonchev–Trinajstić information content (AvgIpc) is 2.23. The molecule has 0 saturated heterocycles. The van der Waals surface area contributed by atoms with Crippen molar-refractivity contribution in [3.63, 3.8) is 0 Å². The van der Waals surface area contributed by atoms with Gasteiger partial charge >= 0.3 is 0 Å². The third kappa shape index (κ3) is 4.33. The minimum Gasteiger partial charge on any atom is -0.324 e. The van der Waals surface area contributed by atoms with Crippen LogP contribution in [0, 0.1) is 0 Å². The van der Waals surface area contributed by atoms with Crippen LogP contribution >= 0.6 is 23.2 Å². The second-order valence-corrected chi connectivity index (χ2v) is 6.39. The highest BCUT2D eigenvalue weighted by molar-refractivity contribution is 7.92. The van der Waals surface area contributed by atoms with Crippen molar-refractivity contribution in [3.8, 4) is 0 Å². The van der Waals surface area contributed by atoms with Gasteiger partial charge in [0.15, 0.2) is 9.84 Å². The lowest BCUT2D eigenvalue weighted by Gasteiger charge is -2.08. The molecule has 0 unspecified atom stereocenters. The van der Waals surface area contributed by atoms with E-state index in [-0.39, 0.29) is 21.5 Å². The summed E-state index contributed by atoms with van der Waals surface area (Å²) in [5.74, 6) is -1.54. The van der Waals surface area contributed by atoms with Gasteiger partial charge in [-0.15, -0.1) is 6.58 Å². The van der Waals surface area contributed by atoms with E-state index in [9.17, 15) is 13.2 Å². The average molecular weight is 308 g/mol. The van der Waals surface area contributed by atoms with E-state index in [1.807, 2.05) is 0 Å². The lowest BCUT2D eigenvalue weighted by Crippen LogP contribution is -2.24. The number of hydrogen-bond donors (Lipinski definition) is 1. The molecule has 1 aromatic carbocycles. The molecule has 0 saturated carbocycles. The fourth-order valence-corrected chi connectivity index (χ4v) is 2.52. The number of hydrogen-bond acceptors (Lipinski definition) is 3. The van der Waals surface area contributed by atoms with Crippen LogP contribution < -0.4 is 5.32 Å². The van der Waals surface area contributed by atoms with Gasteiger partial charge in [0.1, 0.15) is 5.75 Å². The second-order valence-electron chi connectivity index (χ2n) is 3.49. The fraction of sp³-hybridized carbons (Fsp3) is 0.182. The number of amides is 1. The molecule has 0 aliphatic rings. The van der Waals surface area contributed by atoms with Gasteiger partial charge in [0.2, 0.25) is 5.91 Å². The number of carbonyl (C=O) groups is 1. The zero-order valence-electron chi connectivity index (χ0n) is 9.32. The van der Waals surface area contributed by atoms with Crippen molar-refractivity contribution >= 4 is 44.6 Å². The number of carbonyl (C=O) groups excluding carboxylic acids is 1. The minimum absolute atomic E-state index is 0.175. The van der Waals surface area contributed by atoms with Crippen molar-refractivity contribution in [3.05, 3.63) is 40.9 Å². The number of benzene rings is 1. The van der Waals surface area contributed by atoms with E-state index in [0.717, 1.165) is 0 Å². The van der Waals surface area contributed by atoms with Gasteiger partial charge < -0.3 is 5.32 Å². The van der Waals surface area contributed by atoms with Crippen LogP contribution in [0.3, 0.4) is 0 Å². The molecule has 0 aliphatic carbocycles. The first-order valence-electron chi connectivity index (χ1n) is 4.91. The van der Waals surface area contributed by atoms with Crippen LogP contribution in [0.4, 0.5) is 5.69 Å². The molecule has 0 aliphatic heterocycles. The zero-order chi connectivity index (χ0) is 13.8. The Morgan fingerprint density at radius 3 is 2.67 bits per heavy atom. The van der Waals surface area contributed by atoms with Crippen LogP contribution in [0.2, 0.25) is 10.0 Å². The Morgan fingerprint density at radius 2 is 2.06 bits per heavy atom. The molecule has 98 valence electrons. The fourth-order valence-electron chi connectivity index (χ4n) is 1.22. The van der Waals surface area contributed by atoms with Crippen LogP contribution in [0.1, 0.15) is 0 Å². The minimum atomic E-state index is -3.48. The lowest BCUT2D eigenvalue weighted by molar-refractivity contribution is -0.113. The highest BCUT2D eigenvalue weighted by atomic mass is 35.5. The molecule has 0 heterocycles. The van der Waals surface area contributed by atoms with Gasteiger partial charge in [-0.2, -0.15) is 0 Å². The number of halogens is 2. The summed E-state index contributed by atoms with van der Waals surface area (Å²) in [6, 6.07) is 4.70. The highest BCUT2D eigenvalue weighted by Crippen LogP contribution is 2.29. The zero-order valence-corrected chi connectivity index (χ0v) is 11.6. The number of anilines is 1. The highest BCUT2D eigenvalue weighted by Gasteiger charge is 2.16. The lowest BCUT2D eigenvalue weighted by atomic mass is 10.3. The summed E-state index contributed by atoms with van der Waals surface area (Å²) >= 11 is 11.6. The first kappa shape index (κ1) is 15.0. The first-order chi connectivity index (χ1) is 8.35. The third-order valence-corrected chi connectivity index (χ3v) is 4.21. The molecule has 1 rings (SSSR count). The molecule has 4 nitrogen and oxygen atoms in total. The van der Waals surface area contributed by atoms with Gasteiger partial charge in [0.25, 0.3) is 0 Å². The van der Waals surface area contributed by atoms with E-state index >= 15 is 0 Å². The standard InChI is InChI=1S/C11H11Cl2NO3S/c1-2-6-18(16,17)7-10(15)14-9-5-3-4-8(12)11(9)13/h2-5H,1,6-7H2,(H,14,15). The molecule has 7 heteroatoms. The molecule has 1 aromatic rings. The summed E-state index contributed by atoms with van der Waals surface area (Å²) < 4.78 is 22.8. The van der Waals surface area contributed by atoms with Crippen LogP contribution in [0.15, 0.2) is 30.9 Å². The van der Waals surface area contributed by atoms with Gasteiger partial charge in [-0.1, -0.05) is 35.3 Å². The van der Waals surface area contributed by atoms with Gasteiger partial charge in [-0.25, -0.2) is 8.42 Å². The maximum absolute atomic E-state index is 11.5. The Morgan fingerprint density at radius 1 is 1.39 bits per heavy atom. The number of rotatable bonds is 5. The van der Waals surface area contributed by atoms with E-state index < -0.39 is 21.5 Å². The summed E-state index contributed by atoms with van der Waals surface area (Å²) in [6.07, 6.45) is 1.23. The quantitative estimate of drug-likeness (QED) is 0.850. The predicted octanol–water partition coefficient (Wildman–Crippen LogP) is 2.53. The van der Waals surface area contributed by atoms with Crippen molar-refractivity contribution in [2.75, 3.05) is 16.8 Å². The molecule has 0 atom stereocenters. The number of sulfone groups is 1. The van der Waals surface area contributed by atoms with Crippen molar-refractivity contribution < 1.29 is 13.2 Å². The Balaban J connectivity index is 2.77. The number of nitrogens with one attached hydrogen (secondary N) is 1.